The maximum Gasteiger partial charge on any atom is 0.195 e. The number of ketones is 1. The Kier molecular flexibility index (Phi) is 1.36. The van der Waals surface area contributed by atoms with Gasteiger partial charge in [0.2, 0.25) is 0 Å². The number of fused-ring (bicyclic) bond motifs is 2. The van der Waals surface area contributed by atoms with Crippen LogP contribution in [-0.4, -0.2) is 12.4 Å². The van der Waals surface area contributed by atoms with Crippen molar-refractivity contribution in [2.75, 3.05) is 6.61 Å². The van der Waals surface area contributed by atoms with Crippen molar-refractivity contribution in [3.05, 3.63) is 46.6 Å². The molecular weight excluding hydrogens is 178 g/mol. The van der Waals surface area contributed by atoms with E-state index in [0.717, 1.165) is 16.3 Å². The second kappa shape index (κ2) is 2.54. The van der Waals surface area contributed by atoms with Gasteiger partial charge >= 0.3 is 0 Å². The van der Waals surface area contributed by atoms with Crippen molar-refractivity contribution in [2.45, 2.75) is 0 Å². The van der Waals surface area contributed by atoms with Crippen molar-refractivity contribution in [3.63, 3.8) is 0 Å². The number of ether oxygens (including phenoxy) is 1. The highest BCUT2D eigenvalue weighted by Gasteiger charge is 2.20. The molecule has 0 amide bonds. The van der Waals surface area contributed by atoms with E-state index in [0.29, 0.717) is 5.70 Å². The van der Waals surface area contributed by atoms with Crippen molar-refractivity contribution in [1.82, 2.24) is 0 Å². The Hall–Kier alpha value is -1.90. The molecule has 0 aromatic heterocycles. The summed E-state index contributed by atoms with van der Waals surface area (Å²) in [6, 6.07) is 7.72. The Morgan fingerprint density at radius 2 is 2.14 bits per heavy atom. The van der Waals surface area contributed by atoms with E-state index in [1.165, 1.54) is 0 Å². The summed E-state index contributed by atoms with van der Waals surface area (Å²) in [6.07, 6.45) is 1.54. The van der Waals surface area contributed by atoms with Gasteiger partial charge in [0, 0.05) is 11.3 Å². The van der Waals surface area contributed by atoms with Gasteiger partial charge in [0.05, 0.1) is 5.36 Å². The maximum atomic E-state index is 11.1. The van der Waals surface area contributed by atoms with Gasteiger partial charge in [-0.25, -0.2) is 4.99 Å². The first kappa shape index (κ1) is 7.50. The first-order chi connectivity index (χ1) is 6.84. The van der Waals surface area contributed by atoms with E-state index in [9.17, 15) is 4.79 Å². The van der Waals surface area contributed by atoms with Crippen molar-refractivity contribution in [3.8, 4) is 0 Å². The molecule has 0 atom stereocenters. The molecule has 3 heteroatoms. The van der Waals surface area contributed by atoms with E-state index < -0.39 is 0 Å². The molecule has 2 heterocycles. The molecule has 0 fully saturated rings. The smallest absolute Gasteiger partial charge is 0.195 e. The molecule has 0 bridgehead atoms. The lowest BCUT2D eigenvalue weighted by Gasteiger charge is -2.10. The molecule has 1 aromatic carbocycles. The highest BCUT2D eigenvalue weighted by atomic mass is 16.5. The second-order valence-corrected chi connectivity index (χ2v) is 3.24. The summed E-state index contributed by atoms with van der Waals surface area (Å²) in [5.74, 6) is 0.709. The average molecular weight is 185 g/mol. The summed E-state index contributed by atoms with van der Waals surface area (Å²) in [5, 5.41) is 1.86. The summed E-state index contributed by atoms with van der Waals surface area (Å²) in [7, 11) is 0. The Morgan fingerprint density at radius 3 is 3.07 bits per heavy atom. The molecule has 0 unspecified atom stereocenters. The van der Waals surface area contributed by atoms with E-state index in [4.69, 9.17) is 4.74 Å². The van der Waals surface area contributed by atoms with Crippen LogP contribution >= 0.6 is 0 Å². The predicted molar refractivity (Wildman–Crippen MR) is 49.7 cm³/mol. The molecule has 0 saturated heterocycles. The highest BCUT2D eigenvalue weighted by Crippen LogP contribution is 2.18. The predicted octanol–water partition coefficient (Wildman–Crippen LogP) is -0.0888. The van der Waals surface area contributed by atoms with Crippen LogP contribution in [0.25, 0.3) is 5.76 Å². The van der Waals surface area contributed by atoms with Crippen LogP contribution in [0.1, 0.15) is 0 Å². The van der Waals surface area contributed by atoms with Crippen molar-refractivity contribution in [2.24, 2.45) is 4.99 Å². The highest BCUT2D eigenvalue weighted by molar-refractivity contribution is 5.96. The molecule has 3 nitrogen and oxygen atoms in total. The topological polar surface area (TPSA) is 38.7 Å². The summed E-state index contributed by atoms with van der Waals surface area (Å²) < 4.78 is 5.35. The molecule has 2 aliphatic heterocycles. The normalized spacial score (nSPS) is 17.9. The molecule has 0 saturated carbocycles. The number of hydrogen-bond donors (Lipinski definition) is 0. The number of hydrogen-bond acceptors (Lipinski definition) is 3. The Balaban J connectivity index is 2.40. The fourth-order valence-electron chi connectivity index (χ4n) is 1.67. The number of rotatable bonds is 0. The first-order valence-electron chi connectivity index (χ1n) is 4.40. The Labute approximate surface area is 80.0 Å². The molecule has 14 heavy (non-hydrogen) atoms. The van der Waals surface area contributed by atoms with Crippen molar-refractivity contribution >= 4 is 11.5 Å². The first-order valence-corrected chi connectivity index (χ1v) is 4.40. The van der Waals surface area contributed by atoms with Crippen LogP contribution in [0.15, 0.2) is 41.0 Å². The molecule has 1 aromatic rings. The summed E-state index contributed by atoms with van der Waals surface area (Å²) in [5.41, 5.74) is 0.655. The van der Waals surface area contributed by atoms with E-state index in [1.54, 1.807) is 6.08 Å². The van der Waals surface area contributed by atoms with Gasteiger partial charge in [-0.1, -0.05) is 12.1 Å². The van der Waals surface area contributed by atoms with Gasteiger partial charge < -0.3 is 4.74 Å². The standard InChI is InChI=1S/C11H7NO2/c13-7-5-10-11(14-6-7)8-3-1-2-4-9(8)12-10/h1-5H,6H2. The zero-order valence-electron chi connectivity index (χ0n) is 7.36. The Bertz CT molecular complexity index is 569. The fourth-order valence-corrected chi connectivity index (χ4v) is 1.67. The molecule has 0 spiro atoms. The third kappa shape index (κ3) is 0.923. The molecule has 0 radical (unpaired) electrons. The minimum absolute atomic E-state index is 0.0275. The molecule has 2 aliphatic rings. The molecule has 68 valence electrons. The van der Waals surface area contributed by atoms with Crippen LogP contribution in [0.2, 0.25) is 0 Å². The van der Waals surface area contributed by atoms with E-state index in [1.807, 2.05) is 24.3 Å². The number of carbonyl (C=O) groups is 1. The zero-order chi connectivity index (χ0) is 9.54. The maximum absolute atomic E-state index is 11.1. The van der Waals surface area contributed by atoms with Gasteiger partial charge in [-0.3, -0.25) is 4.79 Å². The van der Waals surface area contributed by atoms with Gasteiger partial charge in [-0.05, 0) is 12.1 Å². The van der Waals surface area contributed by atoms with Gasteiger partial charge in [0.1, 0.15) is 5.70 Å². The summed E-state index contributed by atoms with van der Waals surface area (Å²) in [6.45, 7) is 0.128. The summed E-state index contributed by atoms with van der Waals surface area (Å²) in [4.78, 5) is 15.4. The summed E-state index contributed by atoms with van der Waals surface area (Å²) >= 11 is 0. The molecule has 0 aliphatic carbocycles. The van der Waals surface area contributed by atoms with Crippen LogP contribution in [0.3, 0.4) is 0 Å². The monoisotopic (exact) mass is 185 g/mol. The third-order valence-corrected chi connectivity index (χ3v) is 2.28. The van der Waals surface area contributed by atoms with E-state index in [-0.39, 0.29) is 12.4 Å². The van der Waals surface area contributed by atoms with Gasteiger partial charge in [-0.15, -0.1) is 0 Å². The Morgan fingerprint density at radius 1 is 1.29 bits per heavy atom. The SMILES string of the molecule is O=C1C=C2N=c3ccccc3=C2OC1. The van der Waals surface area contributed by atoms with Crippen LogP contribution in [0.5, 0.6) is 0 Å². The number of carbonyl (C=O) groups excluding carboxylic acids is 1. The zero-order valence-corrected chi connectivity index (χ0v) is 7.36. The number of para-hydroxylation sites is 1. The quantitative estimate of drug-likeness (QED) is 0.566. The van der Waals surface area contributed by atoms with Crippen molar-refractivity contribution < 1.29 is 9.53 Å². The largest absolute Gasteiger partial charge is 0.482 e. The minimum Gasteiger partial charge on any atom is -0.482 e. The van der Waals surface area contributed by atoms with Crippen molar-refractivity contribution in [1.29, 1.82) is 0 Å². The minimum atomic E-state index is -0.0275. The lowest BCUT2D eigenvalue weighted by Crippen LogP contribution is -2.24. The average Bonchev–Trinajstić information content (AvgIpc) is 2.54. The number of nitrogens with zero attached hydrogens (tertiary/aromatic N) is 1. The van der Waals surface area contributed by atoms with Crippen LogP contribution in [0, 0.1) is 0 Å². The molecule has 3 rings (SSSR count). The lowest BCUT2D eigenvalue weighted by molar-refractivity contribution is -0.117. The van der Waals surface area contributed by atoms with E-state index in [2.05, 4.69) is 4.99 Å². The van der Waals surface area contributed by atoms with E-state index >= 15 is 0 Å². The van der Waals surface area contributed by atoms with Crippen LogP contribution in [0.4, 0.5) is 0 Å². The van der Waals surface area contributed by atoms with Crippen LogP contribution < -0.4 is 10.6 Å². The van der Waals surface area contributed by atoms with Gasteiger partial charge in [0.15, 0.2) is 18.1 Å². The molecular formula is C11H7NO2. The third-order valence-electron chi connectivity index (χ3n) is 2.28. The number of benzene rings is 1. The molecule has 0 N–H and O–H groups in total. The van der Waals surface area contributed by atoms with Gasteiger partial charge in [-0.2, -0.15) is 0 Å². The van der Waals surface area contributed by atoms with Gasteiger partial charge in [0.25, 0.3) is 0 Å². The lowest BCUT2D eigenvalue weighted by atomic mass is 10.2. The fraction of sp³-hybridized carbons (Fsp3) is 0.0909. The second-order valence-electron chi connectivity index (χ2n) is 3.24. The van der Waals surface area contributed by atoms with Crippen LogP contribution in [-0.2, 0) is 9.53 Å².